The Morgan fingerprint density at radius 2 is 1.32 bits per heavy atom. The fraction of sp³-hybridized carbons (Fsp3) is 0. The maximum Gasteiger partial charge on any atom is 0.165 e. The Hall–Kier alpha value is -2.58. The molecule has 0 saturated carbocycles. The lowest BCUT2D eigenvalue weighted by atomic mass is 10.0. The largest absolute Gasteiger partial charge is 0.481 e. The summed E-state index contributed by atoms with van der Waals surface area (Å²) in [7, 11) is 0. The normalized spacial score (nSPS) is 10.6. The van der Waals surface area contributed by atoms with Crippen LogP contribution in [0.15, 0.2) is 84.9 Å². The topological polar surface area (TPSA) is 29.5 Å². The van der Waals surface area contributed by atoms with E-state index < -0.39 is 0 Å². The predicted octanol–water partition coefficient (Wildman–Crippen LogP) is 4.58. The van der Waals surface area contributed by atoms with E-state index in [0.717, 1.165) is 11.1 Å². The molecule has 0 aliphatic heterocycles. The first-order valence-electron chi connectivity index (χ1n) is 7.10. The Morgan fingerprint density at radius 3 is 2.05 bits per heavy atom. The highest BCUT2D eigenvalue weighted by atomic mass is 16.5. The number of hydrogen-bond acceptors (Lipinski definition) is 2. The van der Waals surface area contributed by atoms with Gasteiger partial charge in [-0.05, 0) is 17.2 Å². The highest BCUT2D eigenvalue weighted by Gasteiger charge is 2.16. The van der Waals surface area contributed by atoms with Gasteiger partial charge in [0.25, 0.3) is 0 Å². The van der Waals surface area contributed by atoms with E-state index in [1.165, 1.54) is 0 Å². The van der Waals surface area contributed by atoms with Crippen molar-refractivity contribution in [3.8, 4) is 5.75 Å². The van der Waals surface area contributed by atoms with E-state index >= 15 is 0 Å². The van der Waals surface area contributed by atoms with Gasteiger partial charge in [0, 0.05) is 5.56 Å². The van der Waals surface area contributed by atoms with Gasteiger partial charge >= 0.3 is 0 Å². The van der Waals surface area contributed by atoms with Crippen molar-refractivity contribution < 1.29 is 9.84 Å². The monoisotopic (exact) mass is 288 g/mol. The lowest BCUT2D eigenvalue weighted by Gasteiger charge is -2.15. The van der Waals surface area contributed by atoms with Crippen LogP contribution >= 0.6 is 0 Å². The van der Waals surface area contributed by atoms with Gasteiger partial charge in [0.1, 0.15) is 5.75 Å². The summed E-state index contributed by atoms with van der Waals surface area (Å²) < 4.78 is 5.76. The average Bonchev–Trinajstić information content (AvgIpc) is 2.61. The zero-order valence-electron chi connectivity index (χ0n) is 12.0. The number of para-hydroxylation sites is 1. The molecule has 0 atom stereocenters. The van der Waals surface area contributed by atoms with Crippen LogP contribution in [0, 0.1) is 12.7 Å². The highest BCUT2D eigenvalue weighted by Crippen LogP contribution is 2.29. The molecule has 22 heavy (non-hydrogen) atoms. The Labute approximate surface area is 130 Å². The predicted molar refractivity (Wildman–Crippen MR) is 86.7 cm³/mol. The minimum atomic E-state index is 0.206. The smallest absolute Gasteiger partial charge is 0.165 e. The second-order valence-electron chi connectivity index (χ2n) is 4.86. The molecule has 2 nitrogen and oxygen atoms in total. The second kappa shape index (κ2) is 6.92. The van der Waals surface area contributed by atoms with Crippen LogP contribution < -0.4 is 4.74 Å². The lowest BCUT2D eigenvalue weighted by molar-refractivity contribution is 0.344. The van der Waals surface area contributed by atoms with E-state index in [4.69, 9.17) is 4.74 Å². The second-order valence-corrected chi connectivity index (χ2v) is 4.86. The number of aliphatic hydroxyl groups is 1. The Bertz CT molecular complexity index is 708. The summed E-state index contributed by atoms with van der Waals surface area (Å²) in [4.78, 5) is 0. The van der Waals surface area contributed by atoms with E-state index in [1.807, 2.05) is 84.9 Å². The molecule has 3 aromatic carbocycles. The van der Waals surface area contributed by atoms with Gasteiger partial charge in [0.15, 0.2) is 12.7 Å². The number of aliphatic hydroxyl groups excluding tert-OH is 1. The number of benzene rings is 3. The number of ether oxygens (including phenoxy) is 1. The van der Waals surface area contributed by atoms with Crippen molar-refractivity contribution >= 4 is 0 Å². The van der Waals surface area contributed by atoms with Crippen molar-refractivity contribution in [2.75, 3.05) is 0 Å². The van der Waals surface area contributed by atoms with Crippen LogP contribution in [0.1, 0.15) is 16.7 Å². The molecule has 108 valence electrons. The molecule has 1 N–H and O–H groups in total. The van der Waals surface area contributed by atoms with Gasteiger partial charge in [0.2, 0.25) is 0 Å². The van der Waals surface area contributed by atoms with Crippen molar-refractivity contribution in [3.05, 3.63) is 114 Å². The highest BCUT2D eigenvalue weighted by molar-refractivity contribution is 5.49. The van der Waals surface area contributed by atoms with Gasteiger partial charge in [-0.3, -0.25) is 0 Å². The zero-order valence-corrected chi connectivity index (χ0v) is 12.0. The zero-order chi connectivity index (χ0) is 15.2. The molecule has 3 rings (SSSR count). The lowest BCUT2D eigenvalue weighted by Crippen LogP contribution is -2.04. The molecule has 3 aromatic rings. The molecule has 2 radical (unpaired) electrons. The van der Waals surface area contributed by atoms with E-state index in [1.54, 1.807) is 6.61 Å². The summed E-state index contributed by atoms with van der Waals surface area (Å²) in [5.41, 5.74) is 2.40. The minimum Gasteiger partial charge on any atom is -0.481 e. The van der Waals surface area contributed by atoms with E-state index in [0.29, 0.717) is 11.3 Å². The van der Waals surface area contributed by atoms with Gasteiger partial charge in [-0.15, -0.1) is 0 Å². The van der Waals surface area contributed by atoms with Gasteiger partial charge in [-0.25, -0.2) is 0 Å². The minimum absolute atomic E-state index is 0.206. The Morgan fingerprint density at radius 1 is 0.727 bits per heavy atom. The quantitative estimate of drug-likeness (QED) is 0.745. The fourth-order valence-electron chi connectivity index (χ4n) is 2.18. The average molecular weight is 288 g/mol. The molecule has 2 heteroatoms. The first-order valence-corrected chi connectivity index (χ1v) is 7.10. The Balaban J connectivity index is 1.81. The molecular weight excluding hydrogens is 272 g/mol. The summed E-state index contributed by atoms with van der Waals surface area (Å²) in [6.45, 7) is 1.68. The standard InChI is InChI=1S/C20H16O2/c21-20(17-11-5-2-6-12-17)18-13-7-8-14-19(18)22-15-16-9-3-1-4-10-16/h1-15,21H. The molecule has 0 saturated heterocycles. The Kier molecular flexibility index (Phi) is 4.52. The van der Waals surface area contributed by atoms with E-state index in [-0.39, 0.29) is 6.10 Å². The maximum absolute atomic E-state index is 10.5. The van der Waals surface area contributed by atoms with Crippen molar-refractivity contribution in [2.45, 2.75) is 0 Å². The van der Waals surface area contributed by atoms with Gasteiger partial charge in [-0.2, -0.15) is 0 Å². The van der Waals surface area contributed by atoms with Crippen LogP contribution in [-0.2, 0) is 0 Å². The van der Waals surface area contributed by atoms with Crippen LogP contribution in [0.3, 0.4) is 0 Å². The third-order valence-electron chi connectivity index (χ3n) is 3.31. The fourth-order valence-corrected chi connectivity index (χ4v) is 2.18. The molecule has 0 aromatic heterocycles. The van der Waals surface area contributed by atoms with Gasteiger partial charge in [0.05, 0.1) is 0 Å². The summed E-state index contributed by atoms with van der Waals surface area (Å²) in [6, 6.07) is 26.7. The number of rotatable bonds is 5. The number of hydrogen-bond donors (Lipinski definition) is 1. The summed E-state index contributed by atoms with van der Waals surface area (Å²) in [6.07, 6.45) is 0.206. The first kappa shape index (κ1) is 14.4. The molecule has 0 unspecified atom stereocenters. The van der Waals surface area contributed by atoms with Crippen LogP contribution in [0.25, 0.3) is 0 Å². The molecule has 0 fully saturated rings. The van der Waals surface area contributed by atoms with Crippen molar-refractivity contribution in [1.29, 1.82) is 0 Å². The third-order valence-corrected chi connectivity index (χ3v) is 3.31. The molecule has 0 heterocycles. The maximum atomic E-state index is 10.5. The van der Waals surface area contributed by atoms with Crippen LogP contribution in [0.2, 0.25) is 0 Å². The summed E-state index contributed by atoms with van der Waals surface area (Å²) in [5.74, 6) is 0.618. The molecule has 0 spiro atoms. The van der Waals surface area contributed by atoms with Crippen molar-refractivity contribution in [1.82, 2.24) is 0 Å². The third kappa shape index (κ3) is 3.35. The van der Waals surface area contributed by atoms with E-state index in [2.05, 4.69) is 0 Å². The summed E-state index contributed by atoms with van der Waals surface area (Å²) >= 11 is 0. The van der Waals surface area contributed by atoms with Crippen molar-refractivity contribution in [2.24, 2.45) is 0 Å². The molecule has 0 amide bonds. The van der Waals surface area contributed by atoms with Crippen molar-refractivity contribution in [3.63, 3.8) is 0 Å². The van der Waals surface area contributed by atoms with Gasteiger partial charge < -0.3 is 9.84 Å². The van der Waals surface area contributed by atoms with Crippen LogP contribution in [0.4, 0.5) is 0 Å². The summed E-state index contributed by atoms with van der Waals surface area (Å²) in [5, 5.41) is 10.5. The van der Waals surface area contributed by atoms with Gasteiger partial charge in [-0.1, -0.05) is 78.9 Å². The molecule has 0 aliphatic rings. The first-order chi connectivity index (χ1) is 10.8. The molecule has 0 bridgehead atoms. The SMILES string of the molecule is O[C](c1ccccc1)c1ccccc1O[CH]c1ccccc1. The molecule has 0 aliphatic carbocycles. The van der Waals surface area contributed by atoms with Crippen LogP contribution in [-0.4, -0.2) is 5.11 Å². The molecular formula is C20H16O2. The van der Waals surface area contributed by atoms with E-state index in [9.17, 15) is 5.11 Å². The van der Waals surface area contributed by atoms with Crippen LogP contribution in [0.5, 0.6) is 5.75 Å².